The highest BCUT2D eigenvalue weighted by Crippen LogP contribution is 2.38. The monoisotopic (exact) mass is 207 g/mol. The first-order chi connectivity index (χ1) is 6.68. The summed E-state index contributed by atoms with van der Waals surface area (Å²) in [5, 5.41) is 3.59. The molecule has 1 aliphatic rings. The van der Waals surface area contributed by atoms with Gasteiger partial charge in [-0.15, -0.1) is 11.8 Å². The Morgan fingerprint density at radius 1 is 1.43 bits per heavy atom. The van der Waals surface area contributed by atoms with Crippen molar-refractivity contribution < 1.29 is 0 Å². The minimum Gasteiger partial charge on any atom is -0.381 e. The Balaban J connectivity index is 2.43. The summed E-state index contributed by atoms with van der Waals surface area (Å²) >= 11 is 1.97. The van der Waals surface area contributed by atoms with Crippen molar-refractivity contribution in [2.75, 3.05) is 11.1 Å². The van der Waals surface area contributed by atoms with Gasteiger partial charge >= 0.3 is 0 Å². The van der Waals surface area contributed by atoms with Gasteiger partial charge in [-0.3, -0.25) is 0 Å². The van der Waals surface area contributed by atoms with Crippen LogP contribution in [0.4, 0.5) is 5.69 Å². The summed E-state index contributed by atoms with van der Waals surface area (Å²) in [7, 11) is 0. The van der Waals surface area contributed by atoms with Gasteiger partial charge in [0.05, 0.1) is 5.69 Å². The number of anilines is 1. The summed E-state index contributed by atoms with van der Waals surface area (Å²) in [5.74, 6) is 1.78. The van der Waals surface area contributed by atoms with E-state index in [1.165, 1.54) is 21.9 Å². The molecular weight excluding hydrogens is 190 g/mol. The number of nitrogens with one attached hydrogen (secondary N) is 1. The molecule has 0 spiro atoms. The van der Waals surface area contributed by atoms with Crippen LogP contribution in [0.2, 0.25) is 0 Å². The van der Waals surface area contributed by atoms with Crippen LogP contribution in [0, 0.1) is 0 Å². The first-order valence-corrected chi connectivity index (χ1v) is 6.19. The molecule has 1 heterocycles. The summed E-state index contributed by atoms with van der Waals surface area (Å²) in [4.78, 5) is 1.41. The number of para-hydroxylation sites is 1. The molecule has 1 atom stereocenters. The molecule has 1 unspecified atom stereocenters. The van der Waals surface area contributed by atoms with Gasteiger partial charge in [0.15, 0.2) is 0 Å². The van der Waals surface area contributed by atoms with E-state index >= 15 is 0 Å². The van der Waals surface area contributed by atoms with Crippen LogP contribution in [0.3, 0.4) is 0 Å². The number of benzene rings is 1. The van der Waals surface area contributed by atoms with E-state index in [0.717, 1.165) is 0 Å². The molecule has 1 aliphatic heterocycles. The second-order valence-corrected chi connectivity index (χ2v) is 5.29. The lowest BCUT2D eigenvalue weighted by Crippen LogP contribution is -2.23. The van der Waals surface area contributed by atoms with Crippen molar-refractivity contribution in [2.45, 2.75) is 37.6 Å². The van der Waals surface area contributed by atoms with Crippen LogP contribution in [-0.2, 0) is 0 Å². The van der Waals surface area contributed by atoms with Crippen LogP contribution in [0.1, 0.15) is 32.3 Å². The van der Waals surface area contributed by atoms with Crippen molar-refractivity contribution in [3.05, 3.63) is 23.8 Å². The van der Waals surface area contributed by atoms with Crippen LogP contribution in [0.15, 0.2) is 23.1 Å². The predicted molar refractivity (Wildman–Crippen MR) is 64.3 cm³/mol. The van der Waals surface area contributed by atoms with E-state index in [9.17, 15) is 0 Å². The molecule has 1 N–H and O–H groups in total. The minimum absolute atomic E-state index is 0.590. The Bertz CT molecular complexity index is 333. The molecule has 0 saturated heterocycles. The van der Waals surface area contributed by atoms with E-state index < -0.39 is 0 Å². The summed E-state index contributed by atoms with van der Waals surface area (Å²) in [5.41, 5.74) is 2.81. The minimum atomic E-state index is 0.590. The molecule has 0 amide bonds. The van der Waals surface area contributed by atoms with Gasteiger partial charge in [0, 0.05) is 16.7 Å². The molecule has 0 bridgehead atoms. The second-order valence-electron chi connectivity index (χ2n) is 4.23. The van der Waals surface area contributed by atoms with E-state index in [0.29, 0.717) is 12.0 Å². The average molecular weight is 207 g/mol. The molecule has 0 fully saturated rings. The van der Waals surface area contributed by atoms with Crippen LogP contribution >= 0.6 is 11.8 Å². The number of hydrogen-bond donors (Lipinski definition) is 1. The van der Waals surface area contributed by atoms with Gasteiger partial charge in [0.25, 0.3) is 0 Å². The molecule has 1 aromatic carbocycles. The lowest BCUT2D eigenvalue weighted by atomic mass is 10.0. The molecular formula is C12H17NS. The molecule has 0 radical (unpaired) electrons. The van der Waals surface area contributed by atoms with Crippen LogP contribution in [0.25, 0.3) is 0 Å². The Morgan fingerprint density at radius 3 is 2.93 bits per heavy atom. The van der Waals surface area contributed by atoms with Crippen LogP contribution in [0.5, 0.6) is 0 Å². The molecule has 0 saturated carbocycles. The number of thioether (sulfide) groups is 1. The molecule has 1 nitrogen and oxygen atoms in total. The van der Waals surface area contributed by atoms with Gasteiger partial charge in [-0.05, 0) is 24.5 Å². The Labute approximate surface area is 90.3 Å². The van der Waals surface area contributed by atoms with E-state index in [4.69, 9.17) is 0 Å². The van der Waals surface area contributed by atoms with Crippen molar-refractivity contribution >= 4 is 17.4 Å². The summed E-state index contributed by atoms with van der Waals surface area (Å²) in [6.45, 7) is 6.75. The summed E-state index contributed by atoms with van der Waals surface area (Å²) < 4.78 is 0. The first-order valence-electron chi connectivity index (χ1n) is 5.20. The smallest absolute Gasteiger partial charge is 0.0515 e. The lowest BCUT2D eigenvalue weighted by Gasteiger charge is -2.27. The molecule has 1 aromatic rings. The summed E-state index contributed by atoms with van der Waals surface area (Å²) in [6, 6.07) is 7.20. The van der Waals surface area contributed by atoms with Gasteiger partial charge in [-0.2, -0.15) is 0 Å². The zero-order chi connectivity index (χ0) is 10.1. The third-order valence-electron chi connectivity index (χ3n) is 2.56. The number of hydrogen-bond acceptors (Lipinski definition) is 2. The van der Waals surface area contributed by atoms with E-state index in [1.807, 2.05) is 11.8 Å². The van der Waals surface area contributed by atoms with Crippen LogP contribution < -0.4 is 5.32 Å². The Morgan fingerprint density at radius 2 is 2.21 bits per heavy atom. The second kappa shape index (κ2) is 3.85. The molecule has 76 valence electrons. The van der Waals surface area contributed by atoms with E-state index in [1.54, 1.807) is 0 Å². The SMILES string of the molecule is CC1CSc2cccc(C(C)C)c2N1. The molecule has 14 heavy (non-hydrogen) atoms. The van der Waals surface area contributed by atoms with Crippen molar-refractivity contribution in [1.82, 2.24) is 0 Å². The van der Waals surface area contributed by atoms with Crippen LogP contribution in [-0.4, -0.2) is 11.8 Å². The average Bonchev–Trinajstić information content (AvgIpc) is 2.16. The fourth-order valence-electron chi connectivity index (χ4n) is 1.81. The van der Waals surface area contributed by atoms with Gasteiger partial charge in [-0.25, -0.2) is 0 Å². The van der Waals surface area contributed by atoms with E-state index in [2.05, 4.69) is 44.3 Å². The van der Waals surface area contributed by atoms with Crippen molar-refractivity contribution in [3.8, 4) is 0 Å². The van der Waals surface area contributed by atoms with Crippen molar-refractivity contribution in [3.63, 3.8) is 0 Å². The quantitative estimate of drug-likeness (QED) is 0.753. The van der Waals surface area contributed by atoms with Gasteiger partial charge in [0.1, 0.15) is 0 Å². The topological polar surface area (TPSA) is 12.0 Å². The summed E-state index contributed by atoms with van der Waals surface area (Å²) in [6.07, 6.45) is 0. The van der Waals surface area contributed by atoms with Gasteiger partial charge < -0.3 is 5.32 Å². The fraction of sp³-hybridized carbons (Fsp3) is 0.500. The Kier molecular flexibility index (Phi) is 2.73. The van der Waals surface area contributed by atoms with E-state index in [-0.39, 0.29) is 0 Å². The maximum Gasteiger partial charge on any atom is 0.0515 e. The highest BCUT2D eigenvalue weighted by Gasteiger charge is 2.18. The third-order valence-corrected chi connectivity index (χ3v) is 3.88. The van der Waals surface area contributed by atoms with Gasteiger partial charge in [0.2, 0.25) is 0 Å². The third kappa shape index (κ3) is 1.76. The highest BCUT2D eigenvalue weighted by atomic mass is 32.2. The van der Waals surface area contributed by atoms with Crippen molar-refractivity contribution in [2.24, 2.45) is 0 Å². The lowest BCUT2D eigenvalue weighted by molar-refractivity contribution is 0.836. The first kappa shape index (κ1) is 9.91. The number of fused-ring (bicyclic) bond motifs is 1. The Hall–Kier alpha value is -0.630. The molecule has 0 aromatic heterocycles. The standard InChI is InChI=1S/C12H17NS/c1-8(2)10-5-4-6-11-12(10)13-9(3)7-14-11/h4-6,8-9,13H,7H2,1-3H3. The highest BCUT2D eigenvalue weighted by molar-refractivity contribution is 7.99. The normalized spacial score (nSPS) is 20.4. The van der Waals surface area contributed by atoms with Gasteiger partial charge in [-0.1, -0.05) is 26.0 Å². The zero-order valence-corrected chi connectivity index (χ0v) is 9.82. The molecule has 2 rings (SSSR count). The zero-order valence-electron chi connectivity index (χ0n) is 9.00. The number of rotatable bonds is 1. The molecule has 2 heteroatoms. The largest absolute Gasteiger partial charge is 0.381 e. The maximum absolute atomic E-state index is 3.59. The predicted octanol–water partition coefficient (Wildman–Crippen LogP) is 3.72. The fourth-order valence-corrected chi connectivity index (χ4v) is 2.82. The van der Waals surface area contributed by atoms with Crippen molar-refractivity contribution in [1.29, 1.82) is 0 Å². The maximum atomic E-state index is 3.59. The molecule has 0 aliphatic carbocycles.